The Bertz CT molecular complexity index is 499. The smallest absolute Gasteiger partial charge is 0.138 e. The van der Waals surface area contributed by atoms with E-state index in [9.17, 15) is 4.39 Å². The molecule has 88 valence electrons. The zero-order valence-electron chi connectivity index (χ0n) is 9.31. The highest BCUT2D eigenvalue weighted by Gasteiger charge is 2.22. The number of aromatic nitrogens is 3. The molecule has 17 heavy (non-hydrogen) atoms. The summed E-state index contributed by atoms with van der Waals surface area (Å²) in [5.74, 6) is 1.10. The fourth-order valence-electron chi connectivity index (χ4n) is 2.19. The summed E-state index contributed by atoms with van der Waals surface area (Å²) < 4.78 is 14.7. The molecule has 0 bridgehead atoms. The molecular formula is C12H13FN4. The van der Waals surface area contributed by atoms with Crippen molar-refractivity contribution in [2.24, 2.45) is 0 Å². The SMILES string of the molecule is Fc1ccc(-n2ncnc2C2CCNC2)cc1. The van der Waals surface area contributed by atoms with Crippen molar-refractivity contribution in [1.29, 1.82) is 0 Å². The molecule has 0 amide bonds. The highest BCUT2D eigenvalue weighted by Crippen LogP contribution is 2.22. The van der Waals surface area contributed by atoms with Gasteiger partial charge >= 0.3 is 0 Å². The first-order valence-corrected chi connectivity index (χ1v) is 5.71. The van der Waals surface area contributed by atoms with Gasteiger partial charge in [0, 0.05) is 12.5 Å². The highest BCUT2D eigenvalue weighted by molar-refractivity contribution is 5.32. The molecule has 1 atom stereocenters. The third-order valence-electron chi connectivity index (χ3n) is 3.07. The van der Waals surface area contributed by atoms with E-state index < -0.39 is 0 Å². The summed E-state index contributed by atoms with van der Waals surface area (Å²) in [5, 5.41) is 7.52. The monoisotopic (exact) mass is 232 g/mol. The van der Waals surface area contributed by atoms with Gasteiger partial charge in [-0.15, -0.1) is 0 Å². The van der Waals surface area contributed by atoms with E-state index in [4.69, 9.17) is 0 Å². The van der Waals surface area contributed by atoms with Crippen LogP contribution in [0, 0.1) is 5.82 Å². The predicted octanol–water partition coefficient (Wildman–Crippen LogP) is 1.48. The van der Waals surface area contributed by atoms with Crippen molar-refractivity contribution in [3.63, 3.8) is 0 Å². The van der Waals surface area contributed by atoms with Crippen molar-refractivity contribution in [3.05, 3.63) is 42.2 Å². The molecular weight excluding hydrogens is 219 g/mol. The molecule has 5 heteroatoms. The Morgan fingerprint density at radius 3 is 2.82 bits per heavy atom. The molecule has 1 aliphatic heterocycles. The van der Waals surface area contributed by atoms with Crippen LogP contribution in [0.3, 0.4) is 0 Å². The summed E-state index contributed by atoms with van der Waals surface area (Å²) in [6, 6.07) is 6.31. The molecule has 1 fully saturated rings. The molecule has 0 spiro atoms. The average molecular weight is 232 g/mol. The molecule has 1 unspecified atom stereocenters. The van der Waals surface area contributed by atoms with Gasteiger partial charge in [0.05, 0.1) is 5.69 Å². The van der Waals surface area contributed by atoms with Gasteiger partial charge in [0.15, 0.2) is 0 Å². The Kier molecular flexibility index (Phi) is 2.60. The molecule has 3 rings (SSSR count). The fourth-order valence-corrected chi connectivity index (χ4v) is 2.19. The summed E-state index contributed by atoms with van der Waals surface area (Å²) in [7, 11) is 0. The standard InChI is InChI=1S/C12H13FN4/c13-10-1-3-11(4-2-10)17-12(15-8-16-17)9-5-6-14-7-9/h1-4,8-9,14H,5-7H2. The largest absolute Gasteiger partial charge is 0.316 e. The van der Waals surface area contributed by atoms with Crippen LogP contribution in [0.1, 0.15) is 18.2 Å². The molecule has 1 aromatic heterocycles. The number of rotatable bonds is 2. The first-order chi connectivity index (χ1) is 8.34. The van der Waals surface area contributed by atoms with E-state index in [1.165, 1.54) is 12.1 Å². The van der Waals surface area contributed by atoms with Crippen LogP contribution >= 0.6 is 0 Å². The van der Waals surface area contributed by atoms with E-state index in [1.807, 2.05) is 0 Å². The zero-order valence-corrected chi connectivity index (χ0v) is 9.31. The van der Waals surface area contributed by atoms with Crippen LogP contribution in [-0.4, -0.2) is 27.9 Å². The van der Waals surface area contributed by atoms with E-state index in [1.54, 1.807) is 23.1 Å². The number of hydrogen-bond donors (Lipinski definition) is 1. The van der Waals surface area contributed by atoms with Crippen molar-refractivity contribution in [2.45, 2.75) is 12.3 Å². The lowest BCUT2D eigenvalue weighted by Crippen LogP contribution is -2.12. The minimum Gasteiger partial charge on any atom is -0.316 e. The van der Waals surface area contributed by atoms with Crippen molar-refractivity contribution < 1.29 is 4.39 Å². The van der Waals surface area contributed by atoms with Crippen LogP contribution in [0.15, 0.2) is 30.6 Å². The Hall–Kier alpha value is -1.75. The van der Waals surface area contributed by atoms with Crippen LogP contribution < -0.4 is 5.32 Å². The second kappa shape index (κ2) is 4.25. The molecule has 2 heterocycles. The van der Waals surface area contributed by atoms with Gasteiger partial charge in [-0.3, -0.25) is 0 Å². The highest BCUT2D eigenvalue weighted by atomic mass is 19.1. The van der Waals surface area contributed by atoms with Crippen LogP contribution in [0.25, 0.3) is 5.69 Å². The Balaban J connectivity index is 1.97. The molecule has 1 aromatic carbocycles. The van der Waals surface area contributed by atoms with E-state index >= 15 is 0 Å². The van der Waals surface area contributed by atoms with Gasteiger partial charge in [0.2, 0.25) is 0 Å². The van der Waals surface area contributed by atoms with Gasteiger partial charge in [0.25, 0.3) is 0 Å². The number of halogens is 1. The summed E-state index contributed by atoms with van der Waals surface area (Å²) in [5.41, 5.74) is 0.853. The molecule has 1 saturated heterocycles. The maximum atomic E-state index is 12.9. The predicted molar refractivity (Wildman–Crippen MR) is 61.5 cm³/mol. The van der Waals surface area contributed by atoms with Crippen molar-refractivity contribution in [1.82, 2.24) is 20.1 Å². The van der Waals surface area contributed by atoms with Crippen molar-refractivity contribution in [3.8, 4) is 5.69 Å². The Morgan fingerprint density at radius 1 is 1.29 bits per heavy atom. The number of hydrogen-bond acceptors (Lipinski definition) is 3. The Labute approximate surface area is 98.5 Å². The molecule has 4 nitrogen and oxygen atoms in total. The van der Waals surface area contributed by atoms with E-state index in [-0.39, 0.29) is 5.82 Å². The summed E-state index contributed by atoms with van der Waals surface area (Å²) in [4.78, 5) is 4.32. The normalized spacial score (nSPS) is 19.7. The zero-order chi connectivity index (χ0) is 11.7. The van der Waals surface area contributed by atoms with Crippen molar-refractivity contribution in [2.75, 3.05) is 13.1 Å². The van der Waals surface area contributed by atoms with Crippen LogP contribution in [0.4, 0.5) is 4.39 Å². The molecule has 1 aliphatic rings. The van der Waals surface area contributed by atoms with Crippen LogP contribution in [-0.2, 0) is 0 Å². The number of benzene rings is 1. The van der Waals surface area contributed by atoms with E-state index in [0.29, 0.717) is 5.92 Å². The van der Waals surface area contributed by atoms with E-state index in [0.717, 1.165) is 31.0 Å². The van der Waals surface area contributed by atoms with Gasteiger partial charge < -0.3 is 5.32 Å². The second-order valence-corrected chi connectivity index (χ2v) is 4.20. The molecule has 0 radical (unpaired) electrons. The van der Waals surface area contributed by atoms with Gasteiger partial charge in [-0.05, 0) is 37.2 Å². The minimum absolute atomic E-state index is 0.238. The molecule has 2 aromatic rings. The van der Waals surface area contributed by atoms with Gasteiger partial charge in [0.1, 0.15) is 18.0 Å². The van der Waals surface area contributed by atoms with Gasteiger partial charge in [-0.25, -0.2) is 14.1 Å². The van der Waals surface area contributed by atoms with Crippen LogP contribution in [0.2, 0.25) is 0 Å². The molecule has 0 saturated carbocycles. The molecule has 0 aliphatic carbocycles. The van der Waals surface area contributed by atoms with Crippen molar-refractivity contribution >= 4 is 0 Å². The van der Waals surface area contributed by atoms with E-state index in [2.05, 4.69) is 15.4 Å². The topological polar surface area (TPSA) is 42.7 Å². The number of nitrogens with one attached hydrogen (secondary N) is 1. The maximum absolute atomic E-state index is 12.9. The lowest BCUT2D eigenvalue weighted by molar-refractivity contribution is 0.625. The third-order valence-corrected chi connectivity index (χ3v) is 3.07. The Morgan fingerprint density at radius 2 is 2.12 bits per heavy atom. The maximum Gasteiger partial charge on any atom is 0.138 e. The van der Waals surface area contributed by atoms with Gasteiger partial charge in [-0.2, -0.15) is 5.10 Å². The third kappa shape index (κ3) is 1.93. The van der Waals surface area contributed by atoms with Gasteiger partial charge in [-0.1, -0.05) is 0 Å². The first-order valence-electron chi connectivity index (χ1n) is 5.71. The fraction of sp³-hybridized carbons (Fsp3) is 0.333. The first kappa shape index (κ1) is 10.4. The second-order valence-electron chi connectivity index (χ2n) is 4.20. The van der Waals surface area contributed by atoms with Crippen LogP contribution in [0.5, 0.6) is 0 Å². The quantitative estimate of drug-likeness (QED) is 0.853. The summed E-state index contributed by atoms with van der Waals surface area (Å²) in [6.45, 7) is 1.95. The summed E-state index contributed by atoms with van der Waals surface area (Å²) in [6.07, 6.45) is 2.62. The summed E-state index contributed by atoms with van der Waals surface area (Å²) >= 11 is 0. The lowest BCUT2D eigenvalue weighted by Gasteiger charge is -2.10. The molecule has 1 N–H and O–H groups in total. The lowest BCUT2D eigenvalue weighted by atomic mass is 10.1. The average Bonchev–Trinajstić information content (AvgIpc) is 3.00. The number of nitrogens with zero attached hydrogens (tertiary/aromatic N) is 3. The minimum atomic E-state index is -0.238.